The van der Waals surface area contributed by atoms with Gasteiger partial charge in [0.25, 0.3) is 0 Å². The van der Waals surface area contributed by atoms with Crippen molar-refractivity contribution in [1.29, 1.82) is 0 Å². The van der Waals surface area contributed by atoms with E-state index in [1.165, 1.54) is 103 Å². The summed E-state index contributed by atoms with van der Waals surface area (Å²) in [5.41, 5.74) is 0. The molecule has 0 spiro atoms. The van der Waals surface area contributed by atoms with Crippen LogP contribution in [-0.2, 0) is 27.9 Å². The van der Waals surface area contributed by atoms with Gasteiger partial charge in [-0.25, -0.2) is 4.57 Å². The van der Waals surface area contributed by atoms with Crippen molar-refractivity contribution in [2.45, 2.75) is 245 Å². The van der Waals surface area contributed by atoms with E-state index in [4.69, 9.17) is 13.8 Å². The normalized spacial score (nSPS) is 14.3. The van der Waals surface area contributed by atoms with Crippen LogP contribution in [0, 0.1) is 0 Å². The second kappa shape index (κ2) is 44.8. The molecule has 1 amide bonds. The van der Waals surface area contributed by atoms with Gasteiger partial charge in [-0.2, -0.15) is 0 Å². The molecule has 0 saturated heterocycles. The smallest absolute Gasteiger partial charge is 0.456 e. The summed E-state index contributed by atoms with van der Waals surface area (Å²) in [5, 5.41) is 3.02. The molecule has 10 heteroatoms. The zero-order valence-electron chi connectivity index (χ0n) is 42.5. The Morgan fingerprint density at radius 3 is 1.48 bits per heavy atom. The minimum absolute atomic E-state index is 0.0335. The summed E-state index contributed by atoms with van der Waals surface area (Å²) in [5.74, 6) is -0.548. The van der Waals surface area contributed by atoms with Gasteiger partial charge in [0.1, 0.15) is 19.3 Å². The van der Waals surface area contributed by atoms with Gasteiger partial charge < -0.3 is 19.4 Å². The Morgan fingerprint density at radius 2 is 0.969 bits per heavy atom. The van der Waals surface area contributed by atoms with Crippen molar-refractivity contribution in [3.8, 4) is 0 Å². The lowest BCUT2D eigenvalue weighted by Crippen LogP contribution is -2.47. The predicted molar refractivity (Wildman–Crippen MR) is 272 cm³/mol. The number of phosphoric ester groups is 1. The number of allylic oxidation sites excluding steroid dienone is 7. The summed E-state index contributed by atoms with van der Waals surface area (Å²) in [4.78, 5) is 37.4. The van der Waals surface area contributed by atoms with Crippen molar-refractivity contribution in [2.24, 2.45) is 0 Å². The van der Waals surface area contributed by atoms with Crippen molar-refractivity contribution >= 4 is 19.7 Å². The topological polar surface area (TPSA) is 111 Å². The number of nitrogens with one attached hydrogen (secondary N) is 1. The van der Waals surface area contributed by atoms with Gasteiger partial charge in [0.15, 0.2) is 0 Å². The van der Waals surface area contributed by atoms with Crippen molar-refractivity contribution in [3.63, 3.8) is 0 Å². The molecule has 0 heterocycles. The quantitative estimate of drug-likeness (QED) is 0.0156. The van der Waals surface area contributed by atoms with E-state index >= 15 is 0 Å². The van der Waals surface area contributed by atoms with E-state index in [1.54, 1.807) is 0 Å². The highest BCUT2D eigenvalue weighted by molar-refractivity contribution is 7.47. The van der Waals surface area contributed by atoms with Crippen molar-refractivity contribution in [1.82, 2.24) is 5.32 Å². The van der Waals surface area contributed by atoms with Crippen LogP contribution in [-0.4, -0.2) is 74.3 Å². The number of hydrogen-bond donors (Lipinski definition) is 2. The first-order valence-corrected chi connectivity index (χ1v) is 28.0. The molecule has 0 fully saturated rings. The number of hydrogen-bond acceptors (Lipinski definition) is 6. The van der Waals surface area contributed by atoms with Crippen LogP contribution >= 0.6 is 7.82 Å². The maximum atomic E-state index is 13.4. The highest BCUT2D eigenvalue weighted by Crippen LogP contribution is 2.43. The number of likely N-dealkylation sites (N-methyl/N-ethyl adjacent to an activating group) is 1. The largest absolute Gasteiger partial charge is 0.472 e. The maximum Gasteiger partial charge on any atom is 0.472 e. The van der Waals surface area contributed by atoms with Crippen LogP contribution in [0.5, 0.6) is 0 Å². The Morgan fingerprint density at radius 1 is 0.547 bits per heavy atom. The molecule has 2 N–H and O–H groups in total. The fraction of sp³-hybridized carbons (Fsp3) is 0.815. The molecule has 0 saturated carbocycles. The van der Waals surface area contributed by atoms with Crippen molar-refractivity contribution in [3.05, 3.63) is 48.6 Å². The zero-order valence-corrected chi connectivity index (χ0v) is 43.4. The Labute approximate surface area is 395 Å². The van der Waals surface area contributed by atoms with E-state index in [2.05, 4.69) is 62.5 Å². The minimum Gasteiger partial charge on any atom is -0.456 e. The molecule has 0 aliphatic carbocycles. The number of phosphoric acid groups is 1. The highest BCUT2D eigenvalue weighted by atomic mass is 31.2. The molecule has 0 aliphatic rings. The number of rotatable bonds is 47. The Kier molecular flexibility index (Phi) is 43.4. The molecule has 3 atom stereocenters. The predicted octanol–water partition coefficient (Wildman–Crippen LogP) is 15.4. The summed E-state index contributed by atoms with van der Waals surface area (Å²) < 4.78 is 30.4. The number of unbranched alkanes of at least 4 members (excludes halogenated alkanes) is 26. The van der Waals surface area contributed by atoms with Gasteiger partial charge in [-0.1, -0.05) is 192 Å². The van der Waals surface area contributed by atoms with Gasteiger partial charge in [-0.15, -0.1) is 0 Å². The molecule has 0 aromatic rings. The number of carbonyl (C=O) groups is 2. The van der Waals surface area contributed by atoms with Crippen LogP contribution in [0.25, 0.3) is 0 Å². The van der Waals surface area contributed by atoms with E-state index in [1.807, 2.05) is 33.3 Å². The Hall–Kier alpha value is -2.03. The standard InChI is InChI=1S/C54H101N2O7P/c1-7-10-13-16-19-22-25-26-27-28-29-32-34-37-40-43-46-53(57)55-51(50-62-64(59,60)61-49-48-56(4,5)6)52(45-42-39-36-33-30-23-20-17-14-11-8-2)63-54(58)47-44-41-38-35-31-24-21-18-15-12-9-3/h18,21,27-29,32,42,45,51-52H,7-17,19-20,22-26,30-31,33-41,43-44,46-50H2,1-6H3,(H-,55,57,59,60)/p+1/b21-18-,28-27+,32-29+,45-42-. The number of carbonyl (C=O) groups excluding carboxylic acids is 2. The third-order valence-electron chi connectivity index (χ3n) is 11.5. The first kappa shape index (κ1) is 62.0. The first-order valence-electron chi connectivity index (χ1n) is 26.5. The van der Waals surface area contributed by atoms with Gasteiger partial charge in [-0.3, -0.25) is 18.6 Å². The van der Waals surface area contributed by atoms with Crippen LogP contribution in [0.3, 0.4) is 0 Å². The molecule has 9 nitrogen and oxygen atoms in total. The summed E-state index contributed by atoms with van der Waals surface area (Å²) in [7, 11) is 1.47. The summed E-state index contributed by atoms with van der Waals surface area (Å²) in [6.07, 6.45) is 52.5. The number of ether oxygens (including phenoxy) is 1. The molecular formula is C54H102N2O7P+. The van der Waals surface area contributed by atoms with E-state index in [9.17, 15) is 19.0 Å². The number of nitrogens with zero attached hydrogens (tertiary/aromatic N) is 1. The van der Waals surface area contributed by atoms with Gasteiger partial charge in [0.05, 0.1) is 33.8 Å². The van der Waals surface area contributed by atoms with E-state index in [0.29, 0.717) is 23.9 Å². The molecule has 0 aromatic heterocycles. The summed E-state index contributed by atoms with van der Waals surface area (Å²) in [6, 6.07) is -0.862. The van der Waals surface area contributed by atoms with Gasteiger partial charge in [0, 0.05) is 12.8 Å². The molecule has 0 aromatic carbocycles. The molecule has 64 heavy (non-hydrogen) atoms. The molecule has 0 aliphatic heterocycles. The molecule has 0 radical (unpaired) electrons. The van der Waals surface area contributed by atoms with Crippen molar-refractivity contribution in [2.75, 3.05) is 40.9 Å². The van der Waals surface area contributed by atoms with E-state index < -0.39 is 20.0 Å². The van der Waals surface area contributed by atoms with E-state index in [0.717, 1.165) is 89.9 Å². The van der Waals surface area contributed by atoms with Crippen LogP contribution in [0.2, 0.25) is 0 Å². The molecule has 3 unspecified atom stereocenters. The van der Waals surface area contributed by atoms with Crippen LogP contribution < -0.4 is 5.32 Å². The zero-order chi connectivity index (χ0) is 47.3. The average molecular weight is 922 g/mol. The van der Waals surface area contributed by atoms with Gasteiger partial charge >= 0.3 is 13.8 Å². The summed E-state index contributed by atoms with van der Waals surface area (Å²) in [6.45, 7) is 6.92. The van der Waals surface area contributed by atoms with Gasteiger partial charge in [-0.05, 0) is 76.7 Å². The molecule has 374 valence electrons. The third-order valence-corrected chi connectivity index (χ3v) is 12.5. The third kappa shape index (κ3) is 45.1. The monoisotopic (exact) mass is 922 g/mol. The van der Waals surface area contributed by atoms with Crippen LogP contribution in [0.4, 0.5) is 0 Å². The second-order valence-electron chi connectivity index (χ2n) is 19.1. The molecular weight excluding hydrogens is 820 g/mol. The van der Waals surface area contributed by atoms with Crippen LogP contribution in [0.15, 0.2) is 48.6 Å². The number of esters is 1. The minimum atomic E-state index is -4.44. The highest BCUT2D eigenvalue weighted by Gasteiger charge is 2.30. The lowest BCUT2D eigenvalue weighted by molar-refractivity contribution is -0.870. The summed E-state index contributed by atoms with van der Waals surface area (Å²) >= 11 is 0. The molecule has 0 rings (SSSR count). The molecule has 0 bridgehead atoms. The number of amides is 1. The number of quaternary nitrogens is 1. The SMILES string of the molecule is CCCC/C=C\CCCCCCCC(=O)OC(/C=C\CCCCCCCCCCC)C(COP(=O)(O)OCC[N+](C)(C)C)NC(=O)CCCCC/C=C/C=C/CCCCCCCCC. The average Bonchev–Trinajstić information content (AvgIpc) is 3.25. The van der Waals surface area contributed by atoms with E-state index in [-0.39, 0.29) is 31.5 Å². The fourth-order valence-electron chi connectivity index (χ4n) is 7.32. The fourth-order valence-corrected chi connectivity index (χ4v) is 8.06. The Bertz CT molecular complexity index is 1240. The maximum absolute atomic E-state index is 13.4. The second-order valence-corrected chi connectivity index (χ2v) is 20.5. The lowest BCUT2D eigenvalue weighted by atomic mass is 10.1. The lowest BCUT2D eigenvalue weighted by Gasteiger charge is -2.27. The van der Waals surface area contributed by atoms with Crippen LogP contribution in [0.1, 0.15) is 233 Å². The Balaban J connectivity index is 5.44. The first-order chi connectivity index (χ1) is 30.9. The van der Waals surface area contributed by atoms with Gasteiger partial charge in [0.2, 0.25) is 5.91 Å². The van der Waals surface area contributed by atoms with Crippen molar-refractivity contribution < 1.29 is 37.3 Å².